The van der Waals surface area contributed by atoms with Gasteiger partial charge in [-0.05, 0) is 137 Å². The van der Waals surface area contributed by atoms with Crippen LogP contribution < -0.4 is 0 Å². The van der Waals surface area contributed by atoms with Crippen molar-refractivity contribution >= 4 is 27.5 Å². The Labute approximate surface area is 433 Å². The zero-order valence-electron chi connectivity index (χ0n) is 52.0. The summed E-state index contributed by atoms with van der Waals surface area (Å²) in [6.07, 6.45) is -6.51. The summed E-state index contributed by atoms with van der Waals surface area (Å²) in [6.45, 7) is -5.88. The van der Waals surface area contributed by atoms with E-state index >= 15 is 0 Å². The Kier molecular flexibility index (Phi) is 8.14. The van der Waals surface area contributed by atoms with Crippen molar-refractivity contribution in [2.45, 2.75) is 39.2 Å². The third-order valence-corrected chi connectivity index (χ3v) is 12.6. The summed E-state index contributed by atoms with van der Waals surface area (Å²) in [7, 11) is 0. The number of nitrogens with zero attached hydrogens (tertiary/aromatic N) is 6. The molecule has 0 fully saturated rings. The lowest BCUT2D eigenvalue weighted by Crippen LogP contribution is -2.00. The number of benzene rings is 6. The van der Waals surface area contributed by atoms with E-state index in [0.29, 0.717) is 61.1 Å². The first-order valence-corrected chi connectivity index (χ1v) is 23.1. The standard InChI is InChI=1S/C65H50N6/c1-43-64-62-56(51-32-30-50(31-33-51)49-12-4-3-5-13-49)36-39-68-63(62)58-34-35-61(70-65(58)71(64)44(2)69-43)57-15-7-6-14-55(57)54-41-47(20-18-45-22-26-52(27-23-45)59-16-8-10-37-66-59)40-48(42-54)21-19-46-24-28-53(29-25-46)60-17-9-11-38-67-60/h3-17,22-42H,18-21H2,1-2H3/i1D3,2D3,18D2,19D2,20D2,21D2. The molecule has 0 amide bonds. The van der Waals surface area contributed by atoms with Crippen molar-refractivity contribution in [2.24, 2.45) is 0 Å². The molecule has 6 nitrogen and oxygen atoms in total. The molecule has 340 valence electrons. The van der Waals surface area contributed by atoms with Gasteiger partial charge in [0, 0.05) is 65.2 Å². The molecule has 6 aromatic heterocycles. The molecule has 0 N–H and O–H groups in total. The van der Waals surface area contributed by atoms with Crippen molar-refractivity contribution in [3.05, 3.63) is 253 Å². The van der Waals surface area contributed by atoms with Crippen LogP contribution in [0.1, 0.15) is 53.0 Å². The number of imidazole rings is 1. The minimum Gasteiger partial charge on any atom is -0.280 e. The van der Waals surface area contributed by atoms with Gasteiger partial charge in [-0.15, -0.1) is 0 Å². The molecule has 0 aliphatic rings. The summed E-state index contributed by atoms with van der Waals surface area (Å²) in [6, 6.07) is 56.9. The maximum Gasteiger partial charge on any atom is 0.148 e. The molecule has 0 unspecified atom stereocenters. The summed E-state index contributed by atoms with van der Waals surface area (Å²) < 4.78 is 131. The minimum absolute atomic E-state index is 0.0135. The van der Waals surface area contributed by atoms with E-state index in [4.69, 9.17) is 18.2 Å². The van der Waals surface area contributed by atoms with Gasteiger partial charge >= 0.3 is 0 Å². The first kappa shape index (κ1) is 30.6. The van der Waals surface area contributed by atoms with Crippen molar-refractivity contribution in [3.8, 4) is 67.2 Å². The maximum atomic E-state index is 9.74. The van der Waals surface area contributed by atoms with Crippen LogP contribution in [0.3, 0.4) is 0 Å². The Bertz CT molecular complexity index is 4350. The predicted octanol–water partition coefficient (Wildman–Crippen LogP) is 15.4. The summed E-state index contributed by atoms with van der Waals surface area (Å²) in [5, 5.41) is 0.704. The van der Waals surface area contributed by atoms with Gasteiger partial charge in [-0.1, -0.05) is 158 Å². The third kappa shape index (κ3) is 8.66. The van der Waals surface area contributed by atoms with E-state index in [0.717, 1.165) is 11.1 Å². The van der Waals surface area contributed by atoms with Crippen LogP contribution in [-0.4, -0.2) is 29.3 Å². The zero-order valence-corrected chi connectivity index (χ0v) is 38.0. The lowest BCUT2D eigenvalue weighted by molar-refractivity contribution is 0.931. The van der Waals surface area contributed by atoms with Gasteiger partial charge in [-0.25, -0.2) is 9.97 Å². The average Bonchev–Trinajstić information content (AvgIpc) is 1.70. The van der Waals surface area contributed by atoms with Crippen molar-refractivity contribution in [1.82, 2.24) is 29.3 Å². The number of hydrogen-bond acceptors (Lipinski definition) is 5. The van der Waals surface area contributed by atoms with E-state index in [1.54, 1.807) is 110 Å². The highest BCUT2D eigenvalue weighted by Gasteiger charge is 2.21. The number of aromatic nitrogens is 6. The van der Waals surface area contributed by atoms with Gasteiger partial charge < -0.3 is 0 Å². The molecule has 0 spiro atoms. The van der Waals surface area contributed by atoms with Gasteiger partial charge in [0.05, 0.1) is 33.8 Å². The molecule has 0 aliphatic heterocycles. The van der Waals surface area contributed by atoms with Gasteiger partial charge in [-0.3, -0.25) is 19.4 Å². The Morgan fingerprint density at radius 2 is 0.986 bits per heavy atom. The van der Waals surface area contributed by atoms with Gasteiger partial charge in [-0.2, -0.15) is 0 Å². The van der Waals surface area contributed by atoms with Gasteiger partial charge in [0.25, 0.3) is 0 Å². The highest BCUT2D eigenvalue weighted by molar-refractivity contribution is 6.16. The van der Waals surface area contributed by atoms with Gasteiger partial charge in [0.2, 0.25) is 0 Å². The Hall–Kier alpha value is -8.87. The number of aryl methyl sites for hydroxylation is 6. The number of pyridine rings is 5. The van der Waals surface area contributed by atoms with E-state index in [1.807, 2.05) is 66.7 Å². The van der Waals surface area contributed by atoms with E-state index in [9.17, 15) is 11.0 Å². The molecule has 6 aromatic carbocycles. The summed E-state index contributed by atoms with van der Waals surface area (Å²) in [4.78, 5) is 23.2. The molecule has 6 heterocycles. The van der Waals surface area contributed by atoms with E-state index in [-0.39, 0.29) is 44.7 Å². The molecule has 0 aliphatic carbocycles. The molecule has 0 bridgehead atoms. The smallest absolute Gasteiger partial charge is 0.148 e. The van der Waals surface area contributed by atoms with Crippen LogP contribution in [-0.2, 0) is 25.5 Å². The second-order valence-corrected chi connectivity index (χ2v) is 17.0. The van der Waals surface area contributed by atoms with Crippen molar-refractivity contribution < 1.29 is 19.2 Å². The normalized spacial score (nSPS) is 15.5. The fraction of sp³-hybridized carbons (Fsp3) is 0.0923. The molecular formula is C65H50N6. The summed E-state index contributed by atoms with van der Waals surface area (Å²) >= 11 is 0. The molecule has 0 atom stereocenters. The first-order valence-electron chi connectivity index (χ1n) is 30.1. The second kappa shape index (κ2) is 18.9. The second-order valence-electron chi connectivity index (χ2n) is 17.0. The van der Waals surface area contributed by atoms with Crippen LogP contribution in [0.15, 0.2) is 219 Å². The Balaban J connectivity index is 1.05. The predicted molar refractivity (Wildman–Crippen MR) is 291 cm³/mol. The Morgan fingerprint density at radius 1 is 0.408 bits per heavy atom. The van der Waals surface area contributed by atoms with Crippen LogP contribution in [0.5, 0.6) is 0 Å². The molecule has 0 saturated heterocycles. The SMILES string of the molecule is [2H]C([2H])([2H])c1nc(C([2H])([2H])[2H])n2c3nc(-c4ccccc4-c4cc(C([2H])([2H])C([2H])([2H])c5ccc(-c6ccccn6)cc5)cc(C([2H])([2H])C([2H])([2H])c5ccc(-c6ccccn6)cc5)c4)ccc3c3nccc(-c4ccc(-c5ccccc5)cc4)c3c12. The average molecular weight is 929 g/mol. The lowest BCUT2D eigenvalue weighted by Gasteiger charge is -2.16. The molecule has 0 saturated carbocycles. The summed E-state index contributed by atoms with van der Waals surface area (Å²) in [5.41, 5.74) is 6.14. The molecule has 0 radical (unpaired) electrons. The van der Waals surface area contributed by atoms with Crippen molar-refractivity contribution in [3.63, 3.8) is 0 Å². The molecule has 71 heavy (non-hydrogen) atoms. The molecule has 12 rings (SSSR count). The topological polar surface area (TPSA) is 68.9 Å². The molecule has 6 heteroatoms. The van der Waals surface area contributed by atoms with Gasteiger partial charge in [0.15, 0.2) is 0 Å². The third-order valence-electron chi connectivity index (χ3n) is 12.6. The zero-order chi connectivity index (χ0) is 59.8. The van der Waals surface area contributed by atoms with Crippen molar-refractivity contribution in [2.75, 3.05) is 0 Å². The fourth-order valence-corrected chi connectivity index (χ4v) is 9.12. The quantitative estimate of drug-likeness (QED) is 0.114. The highest BCUT2D eigenvalue weighted by atomic mass is 15.1. The number of hydrogen-bond donors (Lipinski definition) is 0. The summed E-state index contributed by atoms with van der Waals surface area (Å²) in [5.74, 6) is -0.546. The van der Waals surface area contributed by atoms with Crippen LogP contribution in [0, 0.1) is 13.7 Å². The first-order chi connectivity index (χ1) is 40.4. The van der Waals surface area contributed by atoms with E-state index < -0.39 is 50.7 Å². The van der Waals surface area contributed by atoms with E-state index in [1.165, 1.54) is 46.9 Å². The highest BCUT2D eigenvalue weighted by Crippen LogP contribution is 2.40. The van der Waals surface area contributed by atoms with Crippen LogP contribution >= 0.6 is 0 Å². The van der Waals surface area contributed by atoms with E-state index in [2.05, 4.69) is 15.0 Å². The fourth-order valence-electron chi connectivity index (χ4n) is 9.12. The van der Waals surface area contributed by atoms with Crippen LogP contribution in [0.2, 0.25) is 0 Å². The van der Waals surface area contributed by atoms with Crippen LogP contribution in [0.4, 0.5) is 0 Å². The largest absolute Gasteiger partial charge is 0.280 e. The number of rotatable bonds is 12. The molecule has 12 aromatic rings. The minimum atomic E-state index is -2.96. The van der Waals surface area contributed by atoms with Crippen molar-refractivity contribution in [1.29, 1.82) is 0 Å². The lowest BCUT2D eigenvalue weighted by atomic mass is 9.91. The maximum absolute atomic E-state index is 9.74. The van der Waals surface area contributed by atoms with Crippen LogP contribution in [0.25, 0.3) is 94.6 Å². The number of fused-ring (bicyclic) bond motifs is 6. The monoisotopic (exact) mass is 928 g/mol. The molecular weight excluding hydrogens is 865 g/mol. The Morgan fingerprint density at radius 3 is 1.61 bits per heavy atom. The van der Waals surface area contributed by atoms with Gasteiger partial charge in [0.1, 0.15) is 11.5 Å².